The van der Waals surface area contributed by atoms with Crippen molar-refractivity contribution < 1.29 is 23.1 Å². The minimum Gasteiger partial charge on any atom is -0.481 e. The molecule has 0 unspecified atom stereocenters. The van der Waals surface area contributed by atoms with E-state index in [2.05, 4.69) is 5.32 Å². The molecule has 0 aromatic heterocycles. The second-order valence-corrected chi connectivity index (χ2v) is 7.16. The summed E-state index contributed by atoms with van der Waals surface area (Å²) >= 11 is 0. The molecule has 0 aliphatic carbocycles. The van der Waals surface area contributed by atoms with Crippen LogP contribution in [-0.4, -0.2) is 62.6 Å². The van der Waals surface area contributed by atoms with Crippen molar-refractivity contribution in [3.05, 3.63) is 0 Å². The molecule has 0 aliphatic heterocycles. The summed E-state index contributed by atoms with van der Waals surface area (Å²) in [5.74, 6) is -1.14. The molecule has 8 heteroatoms. The third-order valence-electron chi connectivity index (χ3n) is 2.40. The monoisotopic (exact) mass is 280 g/mol. The molecule has 0 aromatic carbocycles. The number of aliphatic carboxylic acids is 1. The van der Waals surface area contributed by atoms with Crippen molar-refractivity contribution in [2.24, 2.45) is 5.41 Å². The molecule has 0 heterocycles. The van der Waals surface area contributed by atoms with Gasteiger partial charge in [0.1, 0.15) is 9.84 Å². The maximum Gasteiger partial charge on any atom is 0.317 e. The zero-order valence-electron chi connectivity index (χ0n) is 11.1. The number of sulfone groups is 1. The highest BCUT2D eigenvalue weighted by Gasteiger charge is 2.28. The predicted octanol–water partition coefficient (Wildman–Crippen LogP) is -0.217. The Balaban J connectivity index is 4.22. The number of amides is 2. The zero-order chi connectivity index (χ0) is 14.6. The van der Waals surface area contributed by atoms with Crippen LogP contribution in [0.2, 0.25) is 0 Å². The summed E-state index contributed by atoms with van der Waals surface area (Å²) in [5, 5.41) is 11.3. The van der Waals surface area contributed by atoms with Gasteiger partial charge in [0.05, 0.1) is 11.2 Å². The van der Waals surface area contributed by atoms with Gasteiger partial charge in [-0.15, -0.1) is 0 Å². The van der Waals surface area contributed by atoms with Gasteiger partial charge in [0.25, 0.3) is 0 Å². The van der Waals surface area contributed by atoms with Gasteiger partial charge in [-0.1, -0.05) is 0 Å². The molecule has 0 saturated carbocycles. The summed E-state index contributed by atoms with van der Waals surface area (Å²) in [5.41, 5.74) is -1.06. The van der Waals surface area contributed by atoms with Crippen LogP contribution in [0.5, 0.6) is 0 Å². The van der Waals surface area contributed by atoms with Gasteiger partial charge in [-0.05, 0) is 13.8 Å². The van der Waals surface area contributed by atoms with E-state index < -0.39 is 27.3 Å². The molecule has 0 spiro atoms. The van der Waals surface area contributed by atoms with Crippen LogP contribution < -0.4 is 5.32 Å². The third kappa shape index (κ3) is 6.43. The number of nitrogens with zero attached hydrogens (tertiary/aromatic N) is 1. The number of carboxylic acids is 1. The van der Waals surface area contributed by atoms with Crippen molar-refractivity contribution in [1.29, 1.82) is 0 Å². The minimum atomic E-state index is -3.13. The maximum absolute atomic E-state index is 11.6. The Bertz CT molecular complexity index is 416. The van der Waals surface area contributed by atoms with E-state index in [4.69, 9.17) is 5.11 Å². The van der Waals surface area contributed by atoms with Gasteiger partial charge in [0, 0.05) is 26.4 Å². The van der Waals surface area contributed by atoms with E-state index in [0.717, 1.165) is 6.26 Å². The van der Waals surface area contributed by atoms with Crippen LogP contribution in [0.15, 0.2) is 0 Å². The van der Waals surface area contributed by atoms with Crippen molar-refractivity contribution in [3.8, 4) is 0 Å². The van der Waals surface area contributed by atoms with Crippen molar-refractivity contribution in [2.45, 2.75) is 13.8 Å². The van der Waals surface area contributed by atoms with Gasteiger partial charge in [0.2, 0.25) is 0 Å². The Morgan fingerprint density at radius 3 is 2.22 bits per heavy atom. The number of carbonyl (C=O) groups is 2. The molecule has 106 valence electrons. The van der Waals surface area contributed by atoms with Crippen LogP contribution in [0.3, 0.4) is 0 Å². The summed E-state index contributed by atoms with van der Waals surface area (Å²) in [7, 11) is -1.67. The molecule has 2 N–H and O–H groups in total. The van der Waals surface area contributed by atoms with Crippen molar-refractivity contribution >= 4 is 21.8 Å². The summed E-state index contributed by atoms with van der Waals surface area (Å²) in [6, 6.07) is -0.493. The van der Waals surface area contributed by atoms with Crippen molar-refractivity contribution in [3.63, 3.8) is 0 Å². The molecule has 0 saturated heterocycles. The standard InChI is InChI=1S/C10H20N2O5S/c1-10(2,8(13)14)7-11-9(15)12(3)5-6-18(4,16)17/h5-7H2,1-4H3,(H,11,15)(H,13,14). The average Bonchev–Trinajstić information content (AvgIpc) is 2.21. The van der Waals surface area contributed by atoms with Crippen LogP contribution in [0.25, 0.3) is 0 Å². The lowest BCUT2D eigenvalue weighted by Gasteiger charge is -2.23. The van der Waals surface area contributed by atoms with Gasteiger partial charge in [-0.2, -0.15) is 0 Å². The maximum atomic E-state index is 11.6. The van der Waals surface area contributed by atoms with Gasteiger partial charge in [-0.3, -0.25) is 4.79 Å². The molecule has 0 radical (unpaired) electrons. The molecule has 0 rings (SSSR count). The number of rotatable bonds is 6. The smallest absolute Gasteiger partial charge is 0.317 e. The fraction of sp³-hybridized carbons (Fsp3) is 0.800. The minimum absolute atomic E-state index is 0.0234. The van der Waals surface area contributed by atoms with Crippen LogP contribution in [0, 0.1) is 5.41 Å². The quantitative estimate of drug-likeness (QED) is 0.700. The van der Waals surface area contributed by atoms with E-state index in [-0.39, 0.29) is 18.8 Å². The lowest BCUT2D eigenvalue weighted by molar-refractivity contribution is -0.146. The summed E-state index contributed by atoms with van der Waals surface area (Å²) in [6.45, 7) is 3.03. The van der Waals surface area contributed by atoms with E-state index in [9.17, 15) is 18.0 Å². The number of hydrogen-bond acceptors (Lipinski definition) is 4. The molecular formula is C10H20N2O5S. The first kappa shape index (κ1) is 16.7. The fourth-order valence-electron chi connectivity index (χ4n) is 0.911. The first-order chi connectivity index (χ1) is 7.96. The number of carboxylic acid groups (broad SMARTS) is 1. The number of carbonyl (C=O) groups excluding carboxylic acids is 1. The molecule has 7 nitrogen and oxygen atoms in total. The van der Waals surface area contributed by atoms with Crippen LogP contribution in [-0.2, 0) is 14.6 Å². The Morgan fingerprint density at radius 2 is 1.83 bits per heavy atom. The van der Waals surface area contributed by atoms with E-state index in [0.29, 0.717) is 0 Å². The predicted molar refractivity (Wildman–Crippen MR) is 67.2 cm³/mol. The Labute approximate surface area is 107 Å². The van der Waals surface area contributed by atoms with Gasteiger partial charge in [-0.25, -0.2) is 13.2 Å². The zero-order valence-corrected chi connectivity index (χ0v) is 11.9. The fourth-order valence-corrected chi connectivity index (χ4v) is 1.52. The summed E-state index contributed by atoms with van der Waals surface area (Å²) < 4.78 is 21.9. The summed E-state index contributed by atoms with van der Waals surface area (Å²) in [6.07, 6.45) is 1.09. The Morgan fingerprint density at radius 1 is 1.33 bits per heavy atom. The lowest BCUT2D eigenvalue weighted by atomic mass is 9.94. The highest BCUT2D eigenvalue weighted by atomic mass is 32.2. The van der Waals surface area contributed by atoms with Crippen LogP contribution in [0.4, 0.5) is 4.79 Å². The topological polar surface area (TPSA) is 104 Å². The molecule has 0 fully saturated rings. The third-order valence-corrected chi connectivity index (χ3v) is 3.33. The van der Waals surface area contributed by atoms with Gasteiger partial charge in [0.15, 0.2) is 0 Å². The number of nitrogens with one attached hydrogen (secondary N) is 1. The summed E-state index contributed by atoms with van der Waals surface area (Å²) in [4.78, 5) is 23.6. The molecule has 0 aliphatic rings. The number of hydrogen-bond donors (Lipinski definition) is 2. The lowest BCUT2D eigenvalue weighted by Crippen LogP contribution is -2.45. The normalized spacial score (nSPS) is 12.0. The van der Waals surface area contributed by atoms with E-state index in [1.54, 1.807) is 0 Å². The van der Waals surface area contributed by atoms with Crippen LogP contribution in [0.1, 0.15) is 13.8 Å². The first-order valence-electron chi connectivity index (χ1n) is 5.36. The van der Waals surface area contributed by atoms with E-state index in [1.807, 2.05) is 0 Å². The molecular weight excluding hydrogens is 260 g/mol. The first-order valence-corrected chi connectivity index (χ1v) is 7.42. The second kappa shape index (κ2) is 6.03. The molecule has 0 aromatic rings. The number of urea groups is 1. The van der Waals surface area contributed by atoms with E-state index in [1.165, 1.54) is 25.8 Å². The van der Waals surface area contributed by atoms with Gasteiger partial charge >= 0.3 is 12.0 Å². The molecule has 0 bridgehead atoms. The highest BCUT2D eigenvalue weighted by molar-refractivity contribution is 7.90. The largest absolute Gasteiger partial charge is 0.481 e. The second-order valence-electron chi connectivity index (χ2n) is 4.90. The molecule has 0 atom stereocenters. The van der Waals surface area contributed by atoms with Crippen molar-refractivity contribution in [2.75, 3.05) is 32.1 Å². The van der Waals surface area contributed by atoms with Crippen LogP contribution >= 0.6 is 0 Å². The van der Waals surface area contributed by atoms with Crippen molar-refractivity contribution in [1.82, 2.24) is 10.2 Å². The SMILES string of the molecule is CN(CCS(C)(=O)=O)C(=O)NCC(C)(C)C(=O)O. The van der Waals surface area contributed by atoms with Gasteiger partial charge < -0.3 is 15.3 Å². The molecule has 18 heavy (non-hydrogen) atoms. The highest BCUT2D eigenvalue weighted by Crippen LogP contribution is 2.13. The Kier molecular flexibility index (Phi) is 5.59. The molecule has 2 amide bonds. The average molecular weight is 280 g/mol. The van der Waals surface area contributed by atoms with E-state index >= 15 is 0 Å². The Hall–Kier alpha value is -1.31.